The predicted octanol–water partition coefficient (Wildman–Crippen LogP) is 0.356. The van der Waals surface area contributed by atoms with E-state index in [4.69, 9.17) is 0 Å². The van der Waals surface area contributed by atoms with Crippen LogP contribution in [0.3, 0.4) is 0 Å². The molecule has 5 nitrogen and oxygen atoms in total. The number of hydrogen-bond acceptors (Lipinski definition) is 4. The van der Waals surface area contributed by atoms with Crippen molar-refractivity contribution in [2.45, 2.75) is 6.92 Å². The smallest absolute Gasteiger partial charge is 0.356 e. The van der Waals surface area contributed by atoms with Gasteiger partial charge in [-0.25, -0.2) is 9.78 Å². The van der Waals surface area contributed by atoms with Gasteiger partial charge in [-0.3, -0.25) is 4.79 Å². The molecule has 1 aromatic heterocycles. The Labute approximate surface area is 99.2 Å². The largest absolute Gasteiger partial charge is 0.464 e. The summed E-state index contributed by atoms with van der Waals surface area (Å²) in [6, 6.07) is 3.20. The molecule has 0 aromatic carbocycles. The molecule has 0 aliphatic heterocycles. The Morgan fingerprint density at radius 1 is 1.47 bits per heavy atom. The number of aromatic nitrogens is 1. The maximum Gasteiger partial charge on any atom is 0.356 e. The maximum atomic E-state index is 11.1. The summed E-state index contributed by atoms with van der Waals surface area (Å²) in [6.45, 7) is 1.71. The van der Waals surface area contributed by atoms with Crippen molar-refractivity contribution in [2.75, 3.05) is 13.7 Å². The van der Waals surface area contributed by atoms with Gasteiger partial charge in [-0.15, -0.1) is 0 Å². The quantitative estimate of drug-likeness (QED) is 0.590. The summed E-state index contributed by atoms with van der Waals surface area (Å²) in [6.07, 6.45) is 1.48. The van der Waals surface area contributed by atoms with E-state index in [1.807, 2.05) is 0 Å². The van der Waals surface area contributed by atoms with Gasteiger partial charge in [0.05, 0.1) is 13.7 Å². The lowest BCUT2D eigenvalue weighted by molar-refractivity contribution is -0.118. The number of hydrogen-bond donors (Lipinski definition) is 1. The van der Waals surface area contributed by atoms with Crippen molar-refractivity contribution in [3.05, 3.63) is 29.6 Å². The fourth-order valence-electron chi connectivity index (χ4n) is 1.01. The van der Waals surface area contributed by atoms with Gasteiger partial charge in [0, 0.05) is 18.7 Å². The molecule has 0 atom stereocenters. The predicted molar refractivity (Wildman–Crippen MR) is 61.1 cm³/mol. The van der Waals surface area contributed by atoms with E-state index < -0.39 is 5.97 Å². The Morgan fingerprint density at radius 2 is 2.24 bits per heavy atom. The van der Waals surface area contributed by atoms with Crippen LogP contribution in [0.25, 0.3) is 0 Å². The van der Waals surface area contributed by atoms with E-state index >= 15 is 0 Å². The van der Waals surface area contributed by atoms with Gasteiger partial charge in [0.15, 0.2) is 0 Å². The Kier molecular flexibility index (Phi) is 4.70. The van der Waals surface area contributed by atoms with Gasteiger partial charge in [-0.1, -0.05) is 11.8 Å². The maximum absolute atomic E-state index is 11.1. The van der Waals surface area contributed by atoms with E-state index in [2.05, 4.69) is 26.9 Å². The minimum Gasteiger partial charge on any atom is -0.464 e. The molecule has 17 heavy (non-hydrogen) atoms. The molecule has 0 saturated carbocycles. The normalized spacial score (nSPS) is 8.82. The molecule has 1 N–H and O–H groups in total. The van der Waals surface area contributed by atoms with Crippen molar-refractivity contribution < 1.29 is 14.3 Å². The molecular weight excluding hydrogens is 220 g/mol. The fraction of sp³-hybridized carbons (Fsp3) is 0.250. The molecule has 1 aromatic rings. The highest BCUT2D eigenvalue weighted by Crippen LogP contribution is 1.99. The zero-order valence-corrected chi connectivity index (χ0v) is 9.61. The van der Waals surface area contributed by atoms with E-state index in [1.165, 1.54) is 26.3 Å². The molecule has 1 heterocycles. The van der Waals surface area contributed by atoms with Crippen LogP contribution in [0.1, 0.15) is 23.0 Å². The van der Waals surface area contributed by atoms with Crippen LogP contribution < -0.4 is 5.32 Å². The number of rotatable bonds is 2. The average molecular weight is 232 g/mol. The second-order valence-electron chi connectivity index (χ2n) is 3.14. The zero-order chi connectivity index (χ0) is 12.7. The summed E-state index contributed by atoms with van der Waals surface area (Å²) in [5.41, 5.74) is 0.905. The van der Waals surface area contributed by atoms with Gasteiger partial charge in [0.2, 0.25) is 5.91 Å². The van der Waals surface area contributed by atoms with Gasteiger partial charge in [0.1, 0.15) is 5.69 Å². The fourth-order valence-corrected chi connectivity index (χ4v) is 1.01. The van der Waals surface area contributed by atoms with E-state index in [0.717, 1.165) is 0 Å². The van der Waals surface area contributed by atoms with Crippen molar-refractivity contribution in [3.8, 4) is 11.8 Å². The van der Waals surface area contributed by atoms with Crippen LogP contribution in [0.5, 0.6) is 0 Å². The molecule has 0 fully saturated rings. The third-order valence-electron chi connectivity index (χ3n) is 1.82. The average Bonchev–Trinajstić information content (AvgIpc) is 2.34. The van der Waals surface area contributed by atoms with Crippen LogP contribution in [0.2, 0.25) is 0 Å². The lowest BCUT2D eigenvalue weighted by Crippen LogP contribution is -2.19. The number of carbonyl (C=O) groups excluding carboxylic acids is 2. The SMILES string of the molecule is COC(=O)c1ccc(C#CCNC(C)=O)cn1. The number of carbonyl (C=O) groups is 2. The Morgan fingerprint density at radius 3 is 2.76 bits per heavy atom. The molecule has 0 spiro atoms. The molecule has 0 saturated heterocycles. The molecule has 0 bridgehead atoms. The standard InChI is InChI=1S/C12H12N2O3/c1-9(15)13-7-3-4-10-5-6-11(14-8-10)12(16)17-2/h5-6,8H,7H2,1-2H3,(H,13,15). The summed E-state index contributed by atoms with van der Waals surface area (Å²) in [4.78, 5) is 25.6. The first kappa shape index (κ1) is 12.7. The van der Waals surface area contributed by atoms with Crippen LogP contribution in [0.4, 0.5) is 0 Å². The summed E-state index contributed by atoms with van der Waals surface area (Å²) in [5, 5.41) is 2.55. The molecule has 0 aliphatic rings. The Bertz CT molecular complexity index is 469. The topological polar surface area (TPSA) is 68.3 Å². The van der Waals surface area contributed by atoms with E-state index in [1.54, 1.807) is 6.07 Å². The van der Waals surface area contributed by atoms with Crippen LogP contribution in [-0.2, 0) is 9.53 Å². The summed E-state index contributed by atoms with van der Waals surface area (Å²) in [5.74, 6) is 4.95. The number of esters is 1. The molecular formula is C12H12N2O3. The molecule has 1 amide bonds. The highest BCUT2D eigenvalue weighted by Gasteiger charge is 2.04. The van der Waals surface area contributed by atoms with Crippen molar-refractivity contribution in [3.63, 3.8) is 0 Å². The highest BCUT2D eigenvalue weighted by atomic mass is 16.5. The minimum absolute atomic E-state index is 0.126. The molecule has 88 valence electrons. The van der Waals surface area contributed by atoms with E-state index in [0.29, 0.717) is 5.56 Å². The van der Waals surface area contributed by atoms with Crippen LogP contribution in [-0.4, -0.2) is 30.5 Å². The molecule has 0 aliphatic carbocycles. The van der Waals surface area contributed by atoms with Crippen molar-refractivity contribution in [1.29, 1.82) is 0 Å². The van der Waals surface area contributed by atoms with Crippen LogP contribution in [0, 0.1) is 11.8 Å². The monoisotopic (exact) mass is 232 g/mol. The lowest BCUT2D eigenvalue weighted by atomic mass is 10.2. The Balaban J connectivity index is 2.62. The summed E-state index contributed by atoms with van der Waals surface area (Å²) >= 11 is 0. The van der Waals surface area contributed by atoms with Crippen LogP contribution in [0.15, 0.2) is 18.3 Å². The minimum atomic E-state index is -0.484. The number of pyridine rings is 1. The zero-order valence-electron chi connectivity index (χ0n) is 9.61. The third-order valence-corrected chi connectivity index (χ3v) is 1.82. The summed E-state index contributed by atoms with van der Waals surface area (Å²) in [7, 11) is 1.30. The molecule has 1 rings (SSSR count). The van der Waals surface area contributed by atoms with Crippen molar-refractivity contribution in [1.82, 2.24) is 10.3 Å². The van der Waals surface area contributed by atoms with Gasteiger partial charge < -0.3 is 10.1 Å². The van der Waals surface area contributed by atoms with Gasteiger partial charge in [-0.05, 0) is 12.1 Å². The third kappa shape index (κ3) is 4.34. The van der Waals surface area contributed by atoms with Gasteiger partial charge in [0.25, 0.3) is 0 Å². The first-order valence-electron chi connectivity index (χ1n) is 4.91. The lowest BCUT2D eigenvalue weighted by Gasteiger charge is -1.97. The number of nitrogens with one attached hydrogen (secondary N) is 1. The van der Waals surface area contributed by atoms with E-state index in [-0.39, 0.29) is 18.1 Å². The first-order valence-corrected chi connectivity index (χ1v) is 4.91. The van der Waals surface area contributed by atoms with E-state index in [9.17, 15) is 9.59 Å². The van der Waals surface area contributed by atoms with Crippen LogP contribution >= 0.6 is 0 Å². The number of amides is 1. The van der Waals surface area contributed by atoms with Crippen molar-refractivity contribution in [2.24, 2.45) is 0 Å². The van der Waals surface area contributed by atoms with Gasteiger partial charge in [-0.2, -0.15) is 0 Å². The second-order valence-corrected chi connectivity index (χ2v) is 3.14. The molecule has 0 unspecified atom stereocenters. The molecule has 5 heteroatoms. The second kappa shape index (κ2) is 6.28. The summed E-state index contributed by atoms with van der Waals surface area (Å²) < 4.78 is 4.52. The first-order chi connectivity index (χ1) is 8.13. The highest BCUT2D eigenvalue weighted by molar-refractivity contribution is 5.87. The number of methoxy groups -OCH3 is 1. The van der Waals surface area contributed by atoms with Crippen molar-refractivity contribution >= 4 is 11.9 Å². The molecule has 0 radical (unpaired) electrons. The number of nitrogens with zero attached hydrogens (tertiary/aromatic N) is 1. The Hall–Kier alpha value is -2.35. The number of ether oxygens (including phenoxy) is 1. The van der Waals surface area contributed by atoms with Gasteiger partial charge >= 0.3 is 5.97 Å².